The van der Waals surface area contributed by atoms with Gasteiger partial charge in [0.05, 0.1) is 12.7 Å². The summed E-state index contributed by atoms with van der Waals surface area (Å²) >= 11 is 3.86. The number of carboxylic acids is 1. The van der Waals surface area contributed by atoms with Crippen LogP contribution in [0.4, 0.5) is 0 Å². The van der Waals surface area contributed by atoms with E-state index < -0.39 is 17.0 Å². The van der Waals surface area contributed by atoms with Gasteiger partial charge >= 0.3 is 5.97 Å². The highest BCUT2D eigenvalue weighted by Gasteiger charge is 2.43. The van der Waals surface area contributed by atoms with Gasteiger partial charge < -0.3 is 14.9 Å². The van der Waals surface area contributed by atoms with Gasteiger partial charge in [-0.1, -0.05) is 6.92 Å². The lowest BCUT2D eigenvalue weighted by atomic mass is 9.96. The van der Waals surface area contributed by atoms with Crippen molar-refractivity contribution in [2.75, 3.05) is 6.61 Å². The van der Waals surface area contributed by atoms with Crippen molar-refractivity contribution in [2.45, 2.75) is 24.4 Å². The van der Waals surface area contributed by atoms with Crippen molar-refractivity contribution in [1.82, 2.24) is 0 Å². The minimum Gasteiger partial charge on any atom is -0.478 e. The number of aliphatic carboxylic acids is 1. The predicted molar refractivity (Wildman–Crippen MR) is 45.1 cm³/mol. The van der Waals surface area contributed by atoms with Crippen LogP contribution in [0, 0.1) is 5.92 Å². The Kier molecular flexibility index (Phi) is 2.65. The van der Waals surface area contributed by atoms with E-state index in [0.29, 0.717) is 0 Å². The molecule has 70 valence electrons. The zero-order chi connectivity index (χ0) is 9.35. The molecule has 1 aliphatic rings. The predicted octanol–water partition coefficient (Wildman–Crippen LogP) is 0.114. The lowest BCUT2D eigenvalue weighted by Gasteiger charge is -2.35. The normalized spacial score (nSPS) is 42.6. The molecular formula is C7H12O4S. The van der Waals surface area contributed by atoms with Crippen molar-refractivity contribution in [3.63, 3.8) is 0 Å². The first kappa shape index (κ1) is 9.83. The Morgan fingerprint density at radius 2 is 2.33 bits per heavy atom. The van der Waals surface area contributed by atoms with Crippen molar-refractivity contribution in [2.24, 2.45) is 5.92 Å². The van der Waals surface area contributed by atoms with Gasteiger partial charge in [0.2, 0.25) is 4.93 Å². The lowest BCUT2D eigenvalue weighted by molar-refractivity contribution is -0.167. The summed E-state index contributed by atoms with van der Waals surface area (Å²) in [5.41, 5.74) is 0. The second-order valence-electron chi connectivity index (χ2n) is 3.15. The fraction of sp³-hybridized carbons (Fsp3) is 0.857. The van der Waals surface area contributed by atoms with Gasteiger partial charge in [0.1, 0.15) is 0 Å². The molecule has 12 heavy (non-hydrogen) atoms. The van der Waals surface area contributed by atoms with Crippen LogP contribution in [0.1, 0.15) is 13.3 Å². The third-order valence-corrected chi connectivity index (χ3v) is 2.56. The molecule has 1 unspecified atom stereocenters. The minimum absolute atomic E-state index is 0.0235. The summed E-state index contributed by atoms with van der Waals surface area (Å²) < 4.78 is 5.01. The van der Waals surface area contributed by atoms with E-state index in [0.717, 1.165) is 0 Å². The fourth-order valence-electron chi connectivity index (χ4n) is 1.07. The standard InChI is InChI=1S/C7H12O4S/c1-4-3-11-7(12,6(9)10)2-5(4)8/h4-5,8,12H,2-3H2,1H3,(H,9,10)/t4-,5+,7?/m0/s1. The molecule has 1 rings (SSSR count). The van der Waals surface area contributed by atoms with E-state index in [1.165, 1.54) is 0 Å². The average molecular weight is 192 g/mol. The first-order chi connectivity index (χ1) is 5.46. The number of hydrogen-bond acceptors (Lipinski definition) is 4. The quantitative estimate of drug-likeness (QED) is 0.516. The van der Waals surface area contributed by atoms with Crippen LogP contribution < -0.4 is 0 Å². The summed E-state index contributed by atoms with van der Waals surface area (Å²) in [6.45, 7) is 2.04. The molecule has 4 nitrogen and oxygen atoms in total. The van der Waals surface area contributed by atoms with Gasteiger partial charge in [-0.05, 0) is 0 Å². The number of carboxylic acid groups (broad SMARTS) is 1. The van der Waals surface area contributed by atoms with Crippen LogP contribution in [-0.4, -0.2) is 33.8 Å². The number of aliphatic hydroxyl groups excluding tert-OH is 1. The Hall–Kier alpha value is -0.260. The Morgan fingerprint density at radius 1 is 1.75 bits per heavy atom. The fourth-order valence-corrected chi connectivity index (χ4v) is 1.33. The molecule has 2 N–H and O–H groups in total. The summed E-state index contributed by atoms with van der Waals surface area (Å²) in [6.07, 6.45) is -0.612. The summed E-state index contributed by atoms with van der Waals surface area (Å²) in [6, 6.07) is 0. The third-order valence-electron chi connectivity index (χ3n) is 2.06. The molecule has 0 aromatic heterocycles. The monoisotopic (exact) mass is 192 g/mol. The van der Waals surface area contributed by atoms with Crippen LogP contribution in [0.5, 0.6) is 0 Å². The molecule has 3 atom stereocenters. The Labute approximate surface area is 75.9 Å². The largest absolute Gasteiger partial charge is 0.478 e. The number of carbonyl (C=O) groups is 1. The zero-order valence-corrected chi connectivity index (χ0v) is 7.62. The van der Waals surface area contributed by atoms with E-state index in [4.69, 9.17) is 9.84 Å². The molecule has 0 bridgehead atoms. The van der Waals surface area contributed by atoms with Gasteiger partial charge in [-0.15, -0.1) is 12.6 Å². The molecule has 0 aliphatic carbocycles. The topological polar surface area (TPSA) is 66.8 Å². The van der Waals surface area contributed by atoms with Crippen molar-refractivity contribution in [3.05, 3.63) is 0 Å². The molecule has 1 aliphatic heterocycles. The highest BCUT2D eigenvalue weighted by atomic mass is 32.1. The maximum atomic E-state index is 10.6. The first-order valence-corrected chi connectivity index (χ1v) is 4.18. The maximum absolute atomic E-state index is 10.6. The Balaban J connectivity index is 2.66. The molecule has 0 spiro atoms. The molecular weight excluding hydrogens is 180 g/mol. The van der Waals surface area contributed by atoms with Crippen LogP contribution >= 0.6 is 12.6 Å². The zero-order valence-electron chi connectivity index (χ0n) is 6.73. The van der Waals surface area contributed by atoms with Gasteiger partial charge in [-0.3, -0.25) is 0 Å². The van der Waals surface area contributed by atoms with Crippen LogP contribution in [-0.2, 0) is 9.53 Å². The molecule has 0 aromatic carbocycles. The van der Waals surface area contributed by atoms with Crippen LogP contribution in [0.25, 0.3) is 0 Å². The van der Waals surface area contributed by atoms with Gasteiger partial charge in [-0.2, -0.15) is 0 Å². The highest BCUT2D eigenvalue weighted by Crippen LogP contribution is 2.31. The number of aliphatic hydroxyl groups is 1. The van der Waals surface area contributed by atoms with E-state index in [9.17, 15) is 9.90 Å². The lowest BCUT2D eigenvalue weighted by Crippen LogP contribution is -2.47. The molecule has 5 heteroatoms. The summed E-state index contributed by atoms with van der Waals surface area (Å²) in [5.74, 6) is -1.17. The summed E-state index contributed by atoms with van der Waals surface area (Å²) in [7, 11) is 0. The Bertz CT molecular complexity index is 196. The second-order valence-corrected chi connectivity index (χ2v) is 3.87. The van der Waals surface area contributed by atoms with Crippen LogP contribution in [0.3, 0.4) is 0 Å². The SMILES string of the molecule is C[C@H]1COC(S)(C(=O)O)C[C@H]1O. The van der Waals surface area contributed by atoms with E-state index in [-0.39, 0.29) is 18.9 Å². The first-order valence-electron chi connectivity index (χ1n) is 3.73. The molecule has 0 aromatic rings. The van der Waals surface area contributed by atoms with Gasteiger partial charge in [0, 0.05) is 12.3 Å². The number of rotatable bonds is 1. The van der Waals surface area contributed by atoms with E-state index >= 15 is 0 Å². The third kappa shape index (κ3) is 1.73. The van der Waals surface area contributed by atoms with E-state index in [2.05, 4.69) is 12.6 Å². The smallest absolute Gasteiger partial charge is 0.346 e. The average Bonchev–Trinajstić information content (AvgIpc) is 1.97. The Morgan fingerprint density at radius 3 is 2.75 bits per heavy atom. The van der Waals surface area contributed by atoms with Crippen LogP contribution in [0.15, 0.2) is 0 Å². The highest BCUT2D eigenvalue weighted by molar-refractivity contribution is 7.82. The van der Waals surface area contributed by atoms with Gasteiger partial charge in [0.25, 0.3) is 0 Å². The van der Waals surface area contributed by atoms with Crippen molar-refractivity contribution >= 4 is 18.6 Å². The maximum Gasteiger partial charge on any atom is 0.346 e. The summed E-state index contributed by atoms with van der Waals surface area (Å²) in [5, 5.41) is 18.1. The van der Waals surface area contributed by atoms with Gasteiger partial charge in [0.15, 0.2) is 0 Å². The molecule has 1 saturated heterocycles. The van der Waals surface area contributed by atoms with Crippen molar-refractivity contribution < 1.29 is 19.7 Å². The van der Waals surface area contributed by atoms with Gasteiger partial charge in [-0.25, -0.2) is 4.79 Å². The summed E-state index contributed by atoms with van der Waals surface area (Å²) in [4.78, 5) is 9.11. The molecule has 1 heterocycles. The second kappa shape index (κ2) is 3.24. The molecule has 1 fully saturated rings. The molecule has 0 saturated carbocycles. The van der Waals surface area contributed by atoms with E-state index in [1.807, 2.05) is 0 Å². The number of hydrogen-bond donors (Lipinski definition) is 3. The number of ether oxygens (including phenoxy) is 1. The van der Waals surface area contributed by atoms with Crippen molar-refractivity contribution in [3.8, 4) is 0 Å². The van der Waals surface area contributed by atoms with Crippen molar-refractivity contribution in [1.29, 1.82) is 0 Å². The van der Waals surface area contributed by atoms with E-state index in [1.54, 1.807) is 6.92 Å². The molecule has 0 radical (unpaired) electrons. The van der Waals surface area contributed by atoms with Crippen LogP contribution in [0.2, 0.25) is 0 Å². The number of thiol groups is 1. The molecule has 0 amide bonds. The minimum atomic E-state index is -1.51.